The molecule has 1 heterocycles. The van der Waals surface area contributed by atoms with Gasteiger partial charge in [-0.2, -0.15) is 0 Å². The van der Waals surface area contributed by atoms with Crippen LogP contribution in [-0.2, 0) is 4.79 Å². The maximum Gasteiger partial charge on any atom is 0.295 e. The van der Waals surface area contributed by atoms with Gasteiger partial charge in [-0.15, -0.1) is 0 Å². The maximum absolute atomic E-state index is 12.5. The third-order valence-corrected chi connectivity index (χ3v) is 4.23. The molecular weight excluding hydrogens is 284 g/mol. The zero-order valence-corrected chi connectivity index (χ0v) is 12.3. The van der Waals surface area contributed by atoms with Crippen LogP contribution in [0, 0.1) is 6.92 Å². The van der Waals surface area contributed by atoms with E-state index in [-0.39, 0.29) is 11.1 Å². The maximum atomic E-state index is 12.5. The molecule has 0 spiro atoms. The average Bonchev–Trinajstić information content (AvgIpc) is 2.77. The van der Waals surface area contributed by atoms with E-state index in [1.807, 2.05) is 49.4 Å². The Morgan fingerprint density at radius 1 is 1.00 bits per heavy atom. The first kappa shape index (κ1) is 13.7. The van der Waals surface area contributed by atoms with Gasteiger partial charge in [0.15, 0.2) is 5.37 Å². The summed E-state index contributed by atoms with van der Waals surface area (Å²) in [6, 6.07) is 16.7. The normalized spacial score (nSPS) is 18.1. The van der Waals surface area contributed by atoms with E-state index in [1.165, 1.54) is 4.90 Å². The molecule has 0 aliphatic carbocycles. The van der Waals surface area contributed by atoms with Gasteiger partial charge in [0, 0.05) is 5.69 Å². The fourth-order valence-corrected chi connectivity index (χ4v) is 3.08. The Labute approximate surface area is 127 Å². The molecule has 1 unspecified atom stereocenters. The molecule has 1 aliphatic heterocycles. The molecule has 0 saturated carbocycles. The summed E-state index contributed by atoms with van der Waals surface area (Å²) in [6.07, 6.45) is 0. The third-order valence-electron chi connectivity index (χ3n) is 3.29. The number of anilines is 2. The molecule has 1 fully saturated rings. The fraction of sp³-hybridized carbons (Fsp3) is 0.125. The van der Waals surface area contributed by atoms with Crippen molar-refractivity contribution >= 4 is 34.3 Å². The molecule has 4 nitrogen and oxygen atoms in total. The van der Waals surface area contributed by atoms with Crippen LogP contribution in [0.3, 0.4) is 0 Å². The van der Waals surface area contributed by atoms with E-state index >= 15 is 0 Å². The zero-order valence-electron chi connectivity index (χ0n) is 11.4. The first-order chi connectivity index (χ1) is 10.2. The van der Waals surface area contributed by atoms with Gasteiger partial charge in [-0.05, 0) is 42.4 Å². The number of hydrogen-bond donors (Lipinski definition) is 1. The van der Waals surface area contributed by atoms with E-state index in [1.54, 1.807) is 12.1 Å². The van der Waals surface area contributed by atoms with Crippen molar-refractivity contribution in [2.24, 2.45) is 0 Å². The summed E-state index contributed by atoms with van der Waals surface area (Å²) in [5, 5.41) is 2.30. The molecule has 0 radical (unpaired) electrons. The molecule has 0 aromatic heterocycles. The second kappa shape index (κ2) is 5.61. The summed E-state index contributed by atoms with van der Waals surface area (Å²) in [7, 11) is 0. The number of aryl methyl sites for hydroxylation is 1. The van der Waals surface area contributed by atoms with Gasteiger partial charge in [0.1, 0.15) is 0 Å². The summed E-state index contributed by atoms with van der Waals surface area (Å²) in [5.41, 5.74) is 2.51. The van der Waals surface area contributed by atoms with Crippen LogP contribution in [0.4, 0.5) is 16.2 Å². The van der Waals surface area contributed by atoms with E-state index in [0.717, 1.165) is 23.0 Å². The van der Waals surface area contributed by atoms with Crippen LogP contribution in [0.25, 0.3) is 0 Å². The van der Waals surface area contributed by atoms with Crippen LogP contribution >= 0.6 is 11.8 Å². The van der Waals surface area contributed by atoms with E-state index in [4.69, 9.17) is 0 Å². The fourth-order valence-electron chi connectivity index (χ4n) is 2.19. The van der Waals surface area contributed by atoms with Crippen LogP contribution in [-0.4, -0.2) is 16.5 Å². The summed E-state index contributed by atoms with van der Waals surface area (Å²) in [4.78, 5) is 25.8. The summed E-state index contributed by atoms with van der Waals surface area (Å²) < 4.78 is 0. The van der Waals surface area contributed by atoms with Gasteiger partial charge in [0.25, 0.3) is 11.1 Å². The van der Waals surface area contributed by atoms with Gasteiger partial charge < -0.3 is 5.32 Å². The number of thioether (sulfide) groups is 1. The molecule has 1 saturated heterocycles. The summed E-state index contributed by atoms with van der Waals surface area (Å²) in [6.45, 7) is 1.96. The Morgan fingerprint density at radius 2 is 1.67 bits per heavy atom. The van der Waals surface area contributed by atoms with E-state index < -0.39 is 5.37 Å². The van der Waals surface area contributed by atoms with Gasteiger partial charge in [0.2, 0.25) is 0 Å². The first-order valence-electron chi connectivity index (χ1n) is 6.58. The smallest absolute Gasteiger partial charge is 0.295 e. The molecule has 2 amide bonds. The standard InChI is InChI=1S/C16H14N2O2S/c1-11-7-5-6-10-13(11)17-14-15(19)18(16(20)21-14)12-8-3-2-4-9-12/h2-10,14,17H,1H3. The molecule has 2 aromatic rings. The van der Waals surface area contributed by atoms with E-state index in [9.17, 15) is 9.59 Å². The second-order valence-electron chi connectivity index (χ2n) is 4.73. The topological polar surface area (TPSA) is 49.4 Å². The monoisotopic (exact) mass is 298 g/mol. The number of benzene rings is 2. The van der Waals surface area contributed by atoms with Crippen molar-refractivity contribution in [3.05, 3.63) is 60.2 Å². The highest BCUT2D eigenvalue weighted by atomic mass is 32.2. The minimum absolute atomic E-state index is 0.237. The minimum atomic E-state index is -0.584. The average molecular weight is 298 g/mol. The largest absolute Gasteiger partial charge is 0.365 e. The number of rotatable bonds is 3. The molecule has 21 heavy (non-hydrogen) atoms. The predicted octanol–water partition coefficient (Wildman–Crippen LogP) is 3.63. The Morgan fingerprint density at radius 3 is 2.38 bits per heavy atom. The highest BCUT2D eigenvalue weighted by molar-refractivity contribution is 8.16. The molecule has 0 bridgehead atoms. The Hall–Kier alpha value is -2.27. The van der Waals surface area contributed by atoms with Crippen molar-refractivity contribution < 1.29 is 9.59 Å². The summed E-state index contributed by atoms with van der Waals surface area (Å²) >= 11 is 1.01. The Balaban J connectivity index is 1.83. The van der Waals surface area contributed by atoms with E-state index in [0.29, 0.717) is 5.69 Å². The number of para-hydroxylation sites is 2. The van der Waals surface area contributed by atoms with Crippen molar-refractivity contribution in [1.82, 2.24) is 0 Å². The lowest BCUT2D eigenvalue weighted by Crippen LogP contribution is -2.34. The van der Waals surface area contributed by atoms with Crippen molar-refractivity contribution in [3.63, 3.8) is 0 Å². The van der Waals surface area contributed by atoms with Crippen LogP contribution < -0.4 is 10.2 Å². The van der Waals surface area contributed by atoms with Crippen LogP contribution in [0.15, 0.2) is 54.6 Å². The number of carbonyl (C=O) groups excluding carboxylic acids is 2. The number of imide groups is 1. The Bertz CT molecular complexity index is 688. The van der Waals surface area contributed by atoms with Crippen molar-refractivity contribution in [3.8, 4) is 0 Å². The molecule has 1 atom stereocenters. The third kappa shape index (κ3) is 2.64. The van der Waals surface area contributed by atoms with Gasteiger partial charge in [0.05, 0.1) is 5.69 Å². The molecule has 1 N–H and O–H groups in total. The highest BCUT2D eigenvalue weighted by Crippen LogP contribution is 2.32. The summed E-state index contributed by atoms with van der Waals surface area (Å²) in [5.74, 6) is -0.237. The lowest BCUT2D eigenvalue weighted by Gasteiger charge is -2.15. The highest BCUT2D eigenvalue weighted by Gasteiger charge is 2.40. The molecule has 1 aliphatic rings. The molecule has 2 aromatic carbocycles. The van der Waals surface area contributed by atoms with Gasteiger partial charge in [-0.25, -0.2) is 4.90 Å². The number of carbonyl (C=O) groups is 2. The predicted molar refractivity (Wildman–Crippen MR) is 85.5 cm³/mol. The van der Waals surface area contributed by atoms with Crippen LogP contribution in [0.1, 0.15) is 5.56 Å². The molecule has 5 heteroatoms. The number of nitrogens with one attached hydrogen (secondary N) is 1. The number of hydrogen-bond acceptors (Lipinski definition) is 4. The van der Waals surface area contributed by atoms with Crippen LogP contribution in [0.5, 0.6) is 0 Å². The lowest BCUT2D eigenvalue weighted by molar-refractivity contribution is -0.116. The number of amides is 2. The molecular formula is C16H14N2O2S. The zero-order chi connectivity index (χ0) is 14.8. The quantitative estimate of drug-likeness (QED) is 0.940. The van der Waals surface area contributed by atoms with E-state index in [2.05, 4.69) is 5.32 Å². The lowest BCUT2D eigenvalue weighted by atomic mass is 10.2. The molecule has 106 valence electrons. The van der Waals surface area contributed by atoms with Crippen molar-refractivity contribution in [1.29, 1.82) is 0 Å². The van der Waals surface area contributed by atoms with Crippen LogP contribution in [0.2, 0.25) is 0 Å². The van der Waals surface area contributed by atoms with Gasteiger partial charge in [-0.3, -0.25) is 9.59 Å². The van der Waals surface area contributed by atoms with Gasteiger partial charge in [-0.1, -0.05) is 36.4 Å². The van der Waals surface area contributed by atoms with Gasteiger partial charge >= 0.3 is 0 Å². The van der Waals surface area contributed by atoms with Crippen molar-refractivity contribution in [2.75, 3.05) is 10.2 Å². The minimum Gasteiger partial charge on any atom is -0.365 e. The SMILES string of the molecule is Cc1ccccc1NC1SC(=O)N(c2ccccc2)C1=O. The first-order valence-corrected chi connectivity index (χ1v) is 7.46. The molecule has 3 rings (SSSR count). The number of nitrogens with zero attached hydrogens (tertiary/aromatic N) is 1. The Kier molecular flexibility index (Phi) is 3.66. The van der Waals surface area contributed by atoms with Crippen molar-refractivity contribution in [2.45, 2.75) is 12.3 Å². The second-order valence-corrected chi connectivity index (χ2v) is 5.79.